The van der Waals surface area contributed by atoms with Crippen LogP contribution in [0.15, 0.2) is 66.7 Å². The Morgan fingerprint density at radius 2 is 1.57 bits per heavy atom. The monoisotopic (exact) mass is 478 g/mol. The number of halogens is 1. The summed E-state index contributed by atoms with van der Waals surface area (Å²) in [7, 11) is 4.62. The molecule has 3 aromatic carbocycles. The molecule has 1 aliphatic heterocycles. The van der Waals surface area contributed by atoms with Gasteiger partial charge in [0.15, 0.2) is 0 Å². The molecule has 0 radical (unpaired) electrons. The molecule has 3 aromatic rings. The van der Waals surface area contributed by atoms with Gasteiger partial charge in [0.05, 0.1) is 39.0 Å². The molecule has 8 heteroatoms. The molecule has 1 N–H and O–H groups in total. The van der Waals surface area contributed by atoms with Gasteiger partial charge in [-0.1, -0.05) is 12.1 Å². The average molecular weight is 479 g/mol. The van der Waals surface area contributed by atoms with Crippen molar-refractivity contribution in [3.63, 3.8) is 0 Å². The van der Waals surface area contributed by atoms with E-state index in [0.717, 1.165) is 0 Å². The second-order valence-electron chi connectivity index (χ2n) is 8.16. The highest BCUT2D eigenvalue weighted by molar-refractivity contribution is 6.00. The van der Waals surface area contributed by atoms with Gasteiger partial charge in [-0.05, 0) is 60.5 Å². The lowest BCUT2D eigenvalue weighted by Crippen LogP contribution is -2.47. The number of hydrogen-bond acceptors (Lipinski definition) is 5. The summed E-state index contributed by atoms with van der Waals surface area (Å²) in [5.41, 5.74) is 1.75. The number of piperidine rings is 1. The molecule has 1 aliphatic rings. The Morgan fingerprint density at radius 1 is 0.914 bits per heavy atom. The minimum atomic E-state index is -0.637. The average Bonchev–Trinajstić information content (AvgIpc) is 2.89. The number of ether oxygens (including phenoxy) is 3. The number of nitrogens with one attached hydrogen (secondary N) is 1. The van der Waals surface area contributed by atoms with Gasteiger partial charge in [0, 0.05) is 18.2 Å². The molecule has 35 heavy (non-hydrogen) atoms. The number of methoxy groups -OCH3 is 3. The maximum Gasteiger partial charge on any atom is 0.230 e. The van der Waals surface area contributed by atoms with E-state index < -0.39 is 17.8 Å². The highest BCUT2D eigenvalue weighted by atomic mass is 19.1. The van der Waals surface area contributed by atoms with E-state index in [0.29, 0.717) is 40.6 Å². The lowest BCUT2D eigenvalue weighted by molar-refractivity contribution is -0.125. The molecule has 4 rings (SSSR count). The lowest BCUT2D eigenvalue weighted by atomic mass is 9.83. The van der Waals surface area contributed by atoms with Crippen molar-refractivity contribution in [2.45, 2.75) is 18.9 Å². The van der Waals surface area contributed by atoms with Gasteiger partial charge in [0.1, 0.15) is 23.1 Å². The Bertz CT molecular complexity index is 1200. The highest BCUT2D eigenvalue weighted by Crippen LogP contribution is 2.41. The van der Waals surface area contributed by atoms with Crippen molar-refractivity contribution >= 4 is 23.2 Å². The van der Waals surface area contributed by atoms with Gasteiger partial charge in [-0.25, -0.2) is 4.39 Å². The van der Waals surface area contributed by atoms with E-state index in [1.54, 1.807) is 66.6 Å². The Morgan fingerprint density at radius 3 is 2.20 bits per heavy atom. The van der Waals surface area contributed by atoms with Crippen molar-refractivity contribution in [1.29, 1.82) is 0 Å². The SMILES string of the molecule is COc1ccc(N2C(=O)CC[C@H](C(=O)Nc3cc(OC)ccc3OC)[C@H]2c2ccc(F)cc2)cc1. The van der Waals surface area contributed by atoms with E-state index >= 15 is 0 Å². The van der Waals surface area contributed by atoms with Gasteiger partial charge >= 0.3 is 0 Å². The van der Waals surface area contributed by atoms with Crippen LogP contribution in [0.3, 0.4) is 0 Å². The third-order valence-electron chi connectivity index (χ3n) is 6.16. The zero-order valence-corrected chi connectivity index (χ0v) is 19.8. The minimum absolute atomic E-state index is 0.118. The third kappa shape index (κ3) is 5.06. The number of carbonyl (C=O) groups excluding carboxylic acids is 2. The Kier molecular flexibility index (Phi) is 7.19. The van der Waals surface area contributed by atoms with Crippen LogP contribution >= 0.6 is 0 Å². The quantitative estimate of drug-likeness (QED) is 0.519. The van der Waals surface area contributed by atoms with Crippen LogP contribution in [0.5, 0.6) is 17.2 Å². The van der Waals surface area contributed by atoms with Crippen molar-refractivity contribution in [3.05, 3.63) is 78.1 Å². The molecule has 0 spiro atoms. The molecular formula is C27H27FN2O5. The molecule has 0 saturated carbocycles. The van der Waals surface area contributed by atoms with E-state index in [1.807, 2.05) is 0 Å². The van der Waals surface area contributed by atoms with Crippen molar-refractivity contribution in [3.8, 4) is 17.2 Å². The van der Waals surface area contributed by atoms with Crippen LogP contribution < -0.4 is 24.4 Å². The number of carbonyl (C=O) groups is 2. The molecule has 1 saturated heterocycles. The second-order valence-corrected chi connectivity index (χ2v) is 8.16. The zero-order valence-electron chi connectivity index (χ0n) is 19.8. The first-order valence-electron chi connectivity index (χ1n) is 11.2. The topological polar surface area (TPSA) is 77.1 Å². The molecule has 0 aromatic heterocycles. The third-order valence-corrected chi connectivity index (χ3v) is 6.16. The lowest BCUT2D eigenvalue weighted by Gasteiger charge is -2.41. The van der Waals surface area contributed by atoms with Gasteiger partial charge in [0.2, 0.25) is 11.8 Å². The molecular weight excluding hydrogens is 451 g/mol. The summed E-state index contributed by atoms with van der Waals surface area (Å²) in [6, 6.07) is 17.5. The van der Waals surface area contributed by atoms with Crippen molar-refractivity contribution in [2.24, 2.45) is 5.92 Å². The first-order chi connectivity index (χ1) is 16.9. The molecule has 0 aliphatic carbocycles. The van der Waals surface area contributed by atoms with Gasteiger partial charge in [0.25, 0.3) is 0 Å². The van der Waals surface area contributed by atoms with Crippen molar-refractivity contribution < 1.29 is 28.2 Å². The summed E-state index contributed by atoms with van der Waals surface area (Å²) in [5.74, 6) is 0.303. The van der Waals surface area contributed by atoms with E-state index in [9.17, 15) is 14.0 Å². The molecule has 2 amide bonds. The van der Waals surface area contributed by atoms with Crippen molar-refractivity contribution in [1.82, 2.24) is 0 Å². The van der Waals surface area contributed by atoms with E-state index in [-0.39, 0.29) is 18.2 Å². The Balaban J connectivity index is 1.73. The summed E-state index contributed by atoms with van der Waals surface area (Å²) in [6.07, 6.45) is 0.530. The summed E-state index contributed by atoms with van der Waals surface area (Å²) < 4.78 is 29.7. The van der Waals surface area contributed by atoms with Crippen molar-refractivity contribution in [2.75, 3.05) is 31.5 Å². The maximum absolute atomic E-state index is 13.7. The largest absolute Gasteiger partial charge is 0.497 e. The maximum atomic E-state index is 13.7. The predicted molar refractivity (Wildman–Crippen MR) is 131 cm³/mol. The number of amides is 2. The van der Waals surface area contributed by atoms with Crippen LogP contribution in [0.25, 0.3) is 0 Å². The second kappa shape index (κ2) is 10.5. The summed E-state index contributed by atoms with van der Waals surface area (Å²) >= 11 is 0. The molecule has 0 unspecified atom stereocenters. The minimum Gasteiger partial charge on any atom is -0.497 e. The predicted octanol–water partition coefficient (Wildman–Crippen LogP) is 4.97. The van der Waals surface area contributed by atoms with Crippen LogP contribution in [-0.2, 0) is 9.59 Å². The van der Waals surface area contributed by atoms with Crippen LogP contribution in [0.2, 0.25) is 0 Å². The molecule has 7 nitrogen and oxygen atoms in total. The Hall–Kier alpha value is -4.07. The van der Waals surface area contributed by atoms with Crippen LogP contribution in [0.1, 0.15) is 24.4 Å². The summed E-state index contributed by atoms with van der Waals surface area (Å²) in [5, 5.41) is 2.95. The zero-order chi connectivity index (χ0) is 24.9. The summed E-state index contributed by atoms with van der Waals surface area (Å²) in [4.78, 5) is 28.4. The first-order valence-corrected chi connectivity index (χ1v) is 11.2. The van der Waals surface area contributed by atoms with E-state index in [4.69, 9.17) is 14.2 Å². The van der Waals surface area contributed by atoms with E-state index in [2.05, 4.69) is 5.32 Å². The summed E-state index contributed by atoms with van der Waals surface area (Å²) in [6.45, 7) is 0. The molecule has 182 valence electrons. The van der Waals surface area contributed by atoms with Gasteiger partial charge < -0.3 is 24.4 Å². The normalized spacial score (nSPS) is 17.6. The van der Waals surface area contributed by atoms with Crippen LogP contribution in [0.4, 0.5) is 15.8 Å². The fraction of sp³-hybridized carbons (Fsp3) is 0.259. The highest BCUT2D eigenvalue weighted by Gasteiger charge is 2.41. The standard InChI is InChI=1S/C27H27FN2O5/c1-33-20-10-8-19(9-11-20)30-25(31)15-13-22(26(30)17-4-6-18(28)7-5-17)27(32)29-23-16-21(34-2)12-14-24(23)35-3/h4-12,14,16,22,26H,13,15H2,1-3H3,(H,29,32)/t22-,26+/m0/s1. The van der Waals surface area contributed by atoms with Crippen LogP contribution in [-0.4, -0.2) is 33.1 Å². The van der Waals surface area contributed by atoms with Gasteiger partial charge in [-0.3, -0.25) is 9.59 Å². The number of benzene rings is 3. The molecule has 2 atom stereocenters. The van der Waals surface area contributed by atoms with E-state index in [1.165, 1.54) is 26.4 Å². The van der Waals surface area contributed by atoms with Gasteiger partial charge in [-0.15, -0.1) is 0 Å². The Labute approximate surface area is 203 Å². The fourth-order valence-corrected chi connectivity index (χ4v) is 4.39. The molecule has 1 heterocycles. The number of anilines is 2. The first kappa shape index (κ1) is 24.1. The smallest absolute Gasteiger partial charge is 0.230 e. The number of hydrogen-bond donors (Lipinski definition) is 1. The van der Waals surface area contributed by atoms with Gasteiger partial charge in [-0.2, -0.15) is 0 Å². The fourth-order valence-electron chi connectivity index (χ4n) is 4.39. The number of nitrogens with zero attached hydrogens (tertiary/aromatic N) is 1. The van der Waals surface area contributed by atoms with Crippen LogP contribution in [0, 0.1) is 11.7 Å². The molecule has 1 fully saturated rings. The molecule has 0 bridgehead atoms. The number of rotatable bonds is 7.